The van der Waals surface area contributed by atoms with Gasteiger partial charge in [0.15, 0.2) is 0 Å². The third kappa shape index (κ3) is 3.22. The summed E-state index contributed by atoms with van der Waals surface area (Å²) < 4.78 is 2.06. The standard InChI is InChI=1S/C20H22N4O/c1-23-18-10-6-5-9-17(18)22-20(23)21-12-16-11-19(25)24(14-16)13-15-7-3-2-4-8-15/h2-10,16H,11-14H2,1H3,(H,21,22)/t16-/m0/s1. The van der Waals surface area contributed by atoms with Gasteiger partial charge in [0.2, 0.25) is 11.9 Å². The quantitative estimate of drug-likeness (QED) is 0.780. The molecule has 2 heterocycles. The summed E-state index contributed by atoms with van der Waals surface area (Å²) >= 11 is 0. The van der Waals surface area contributed by atoms with Crippen LogP contribution in [0.5, 0.6) is 0 Å². The Kier molecular flexibility index (Phi) is 4.14. The lowest BCUT2D eigenvalue weighted by molar-refractivity contribution is -0.128. The van der Waals surface area contributed by atoms with Gasteiger partial charge in [-0.15, -0.1) is 0 Å². The van der Waals surface area contributed by atoms with Crippen LogP contribution in [-0.2, 0) is 18.4 Å². The van der Waals surface area contributed by atoms with Gasteiger partial charge in [-0.25, -0.2) is 4.98 Å². The molecule has 1 amide bonds. The molecule has 1 fully saturated rings. The van der Waals surface area contributed by atoms with Crippen LogP contribution in [-0.4, -0.2) is 33.4 Å². The molecule has 2 aromatic carbocycles. The molecule has 1 N–H and O–H groups in total. The number of rotatable bonds is 5. The minimum absolute atomic E-state index is 0.237. The predicted molar refractivity (Wildman–Crippen MR) is 99.2 cm³/mol. The van der Waals surface area contributed by atoms with Gasteiger partial charge in [-0.05, 0) is 17.7 Å². The van der Waals surface area contributed by atoms with E-state index in [2.05, 4.69) is 33.1 Å². The molecule has 5 heteroatoms. The molecule has 0 unspecified atom stereocenters. The Labute approximate surface area is 147 Å². The summed E-state index contributed by atoms with van der Waals surface area (Å²) in [6.07, 6.45) is 0.601. The molecule has 4 rings (SSSR count). The summed E-state index contributed by atoms with van der Waals surface area (Å²) in [5.74, 6) is 1.41. The maximum Gasteiger partial charge on any atom is 0.223 e. The van der Waals surface area contributed by atoms with Gasteiger partial charge in [0.05, 0.1) is 11.0 Å². The first-order chi connectivity index (χ1) is 12.2. The van der Waals surface area contributed by atoms with E-state index in [0.717, 1.165) is 30.1 Å². The molecule has 0 bridgehead atoms. The van der Waals surface area contributed by atoms with E-state index >= 15 is 0 Å². The number of anilines is 1. The number of fused-ring (bicyclic) bond motifs is 1. The number of carbonyl (C=O) groups is 1. The second-order valence-electron chi connectivity index (χ2n) is 6.69. The number of benzene rings is 2. The van der Waals surface area contributed by atoms with Crippen molar-refractivity contribution in [1.29, 1.82) is 0 Å². The van der Waals surface area contributed by atoms with E-state index in [1.54, 1.807) is 0 Å². The van der Waals surface area contributed by atoms with Gasteiger partial charge in [-0.3, -0.25) is 4.79 Å². The van der Waals surface area contributed by atoms with E-state index in [1.165, 1.54) is 5.56 Å². The van der Waals surface area contributed by atoms with Crippen LogP contribution in [0.3, 0.4) is 0 Å². The first-order valence-electron chi connectivity index (χ1n) is 8.68. The number of likely N-dealkylation sites (tertiary alicyclic amines) is 1. The van der Waals surface area contributed by atoms with Crippen LogP contribution in [0, 0.1) is 5.92 Å². The van der Waals surface area contributed by atoms with Gasteiger partial charge in [0.25, 0.3) is 0 Å². The second-order valence-corrected chi connectivity index (χ2v) is 6.69. The molecule has 1 atom stereocenters. The van der Waals surface area contributed by atoms with Crippen molar-refractivity contribution in [3.8, 4) is 0 Å². The van der Waals surface area contributed by atoms with Crippen LogP contribution in [0.2, 0.25) is 0 Å². The van der Waals surface area contributed by atoms with Gasteiger partial charge in [0, 0.05) is 39.0 Å². The Bertz CT molecular complexity index is 887. The average Bonchev–Trinajstić information content (AvgIpc) is 3.14. The Balaban J connectivity index is 1.38. The van der Waals surface area contributed by atoms with E-state index in [9.17, 15) is 4.79 Å². The number of aromatic nitrogens is 2. The first kappa shape index (κ1) is 15.7. The topological polar surface area (TPSA) is 50.2 Å². The molecule has 1 aliphatic rings. The highest BCUT2D eigenvalue weighted by Gasteiger charge is 2.29. The Morgan fingerprint density at radius 3 is 2.68 bits per heavy atom. The Hall–Kier alpha value is -2.82. The summed E-state index contributed by atoms with van der Waals surface area (Å²) in [6, 6.07) is 18.3. The number of aryl methyl sites for hydroxylation is 1. The number of hydrogen-bond donors (Lipinski definition) is 1. The lowest BCUT2D eigenvalue weighted by Gasteiger charge is -2.17. The summed E-state index contributed by atoms with van der Waals surface area (Å²) in [7, 11) is 2.01. The number of amides is 1. The second kappa shape index (κ2) is 6.59. The first-order valence-corrected chi connectivity index (χ1v) is 8.68. The molecular weight excluding hydrogens is 312 g/mol. The highest BCUT2D eigenvalue weighted by atomic mass is 16.2. The van der Waals surface area contributed by atoms with Crippen LogP contribution in [0.4, 0.5) is 5.95 Å². The zero-order chi connectivity index (χ0) is 17.2. The van der Waals surface area contributed by atoms with Gasteiger partial charge in [-0.1, -0.05) is 42.5 Å². The van der Waals surface area contributed by atoms with E-state index < -0.39 is 0 Å². The minimum atomic E-state index is 0.237. The van der Waals surface area contributed by atoms with E-state index in [1.807, 2.05) is 48.3 Å². The fraction of sp³-hybridized carbons (Fsp3) is 0.300. The van der Waals surface area contributed by atoms with Crippen molar-refractivity contribution in [3.63, 3.8) is 0 Å². The van der Waals surface area contributed by atoms with Crippen molar-refractivity contribution in [2.45, 2.75) is 13.0 Å². The summed E-state index contributed by atoms with van der Waals surface area (Å²) in [4.78, 5) is 18.9. The number of imidazole rings is 1. The predicted octanol–water partition coefficient (Wildman–Crippen LogP) is 3.03. The van der Waals surface area contributed by atoms with Crippen LogP contribution >= 0.6 is 0 Å². The smallest absolute Gasteiger partial charge is 0.223 e. The molecular formula is C20H22N4O. The fourth-order valence-corrected chi connectivity index (χ4v) is 3.49. The van der Waals surface area contributed by atoms with Crippen LogP contribution in [0.25, 0.3) is 11.0 Å². The van der Waals surface area contributed by atoms with Crippen LogP contribution in [0.1, 0.15) is 12.0 Å². The average molecular weight is 334 g/mol. The normalized spacial score (nSPS) is 17.4. The van der Waals surface area contributed by atoms with Crippen LogP contribution < -0.4 is 5.32 Å². The molecule has 1 saturated heterocycles. The van der Waals surface area contributed by atoms with E-state index in [4.69, 9.17) is 0 Å². The van der Waals surface area contributed by atoms with Crippen molar-refractivity contribution < 1.29 is 4.79 Å². The molecule has 0 saturated carbocycles. The van der Waals surface area contributed by atoms with Crippen molar-refractivity contribution in [1.82, 2.24) is 14.5 Å². The van der Waals surface area contributed by atoms with Crippen LogP contribution in [0.15, 0.2) is 54.6 Å². The summed E-state index contributed by atoms with van der Waals surface area (Å²) in [5.41, 5.74) is 3.28. The third-order valence-electron chi connectivity index (χ3n) is 4.85. The molecule has 1 aromatic heterocycles. The zero-order valence-corrected chi connectivity index (χ0v) is 14.4. The molecule has 0 aliphatic carbocycles. The maximum absolute atomic E-state index is 12.3. The minimum Gasteiger partial charge on any atom is -0.355 e. The van der Waals surface area contributed by atoms with E-state index in [-0.39, 0.29) is 5.91 Å². The Morgan fingerprint density at radius 1 is 1.12 bits per heavy atom. The maximum atomic E-state index is 12.3. The van der Waals surface area contributed by atoms with Crippen molar-refractivity contribution >= 4 is 22.9 Å². The number of hydrogen-bond acceptors (Lipinski definition) is 3. The van der Waals surface area contributed by atoms with Gasteiger partial charge < -0.3 is 14.8 Å². The molecule has 128 valence electrons. The SMILES string of the molecule is Cn1c(NC[C@@H]2CC(=O)N(Cc3ccccc3)C2)nc2ccccc21. The van der Waals surface area contributed by atoms with Crippen molar-refractivity contribution in [3.05, 3.63) is 60.2 Å². The highest BCUT2D eigenvalue weighted by molar-refractivity contribution is 5.79. The molecule has 1 aliphatic heterocycles. The van der Waals surface area contributed by atoms with Crippen molar-refractivity contribution in [2.75, 3.05) is 18.4 Å². The fourth-order valence-electron chi connectivity index (χ4n) is 3.49. The lowest BCUT2D eigenvalue weighted by atomic mass is 10.1. The lowest BCUT2D eigenvalue weighted by Crippen LogP contribution is -2.25. The summed E-state index contributed by atoms with van der Waals surface area (Å²) in [5, 5.41) is 3.42. The molecule has 3 aromatic rings. The Morgan fingerprint density at radius 2 is 1.88 bits per heavy atom. The van der Waals surface area contributed by atoms with Crippen molar-refractivity contribution in [2.24, 2.45) is 13.0 Å². The van der Waals surface area contributed by atoms with Gasteiger partial charge in [0.1, 0.15) is 0 Å². The largest absolute Gasteiger partial charge is 0.355 e. The zero-order valence-electron chi connectivity index (χ0n) is 14.4. The third-order valence-corrected chi connectivity index (χ3v) is 4.85. The molecule has 25 heavy (non-hydrogen) atoms. The molecule has 0 spiro atoms. The number of nitrogens with one attached hydrogen (secondary N) is 1. The number of para-hydroxylation sites is 2. The van der Waals surface area contributed by atoms with Gasteiger partial charge in [-0.2, -0.15) is 0 Å². The summed E-state index contributed by atoms with van der Waals surface area (Å²) in [6.45, 7) is 2.25. The van der Waals surface area contributed by atoms with E-state index in [0.29, 0.717) is 18.9 Å². The number of carbonyl (C=O) groups excluding carboxylic acids is 1. The monoisotopic (exact) mass is 334 g/mol. The highest BCUT2D eigenvalue weighted by Crippen LogP contribution is 2.22. The number of nitrogens with zero attached hydrogens (tertiary/aromatic N) is 3. The van der Waals surface area contributed by atoms with Gasteiger partial charge >= 0.3 is 0 Å². The molecule has 0 radical (unpaired) electrons. The molecule has 5 nitrogen and oxygen atoms in total.